The monoisotopic (exact) mass is 533 g/mol. The summed E-state index contributed by atoms with van der Waals surface area (Å²) in [7, 11) is 0. The summed E-state index contributed by atoms with van der Waals surface area (Å²) in [4.78, 5) is 31.2. The maximum absolute atomic E-state index is 13.0. The normalized spacial score (nSPS) is 16.4. The maximum Gasteiger partial charge on any atom is -0.147 e. The zero-order valence-electron chi connectivity index (χ0n) is 17.9. The summed E-state index contributed by atoms with van der Waals surface area (Å²) in [6.45, 7) is 5.87. The van der Waals surface area contributed by atoms with Crippen molar-refractivity contribution in [2.45, 2.75) is 31.6 Å². The average Bonchev–Trinajstić information content (AvgIpc) is 2.71. The van der Waals surface area contributed by atoms with E-state index >= 15 is 0 Å². The van der Waals surface area contributed by atoms with Crippen molar-refractivity contribution in [3.63, 3.8) is 0 Å². The van der Waals surface area contributed by atoms with Crippen LogP contribution in [0.15, 0.2) is 56.7 Å². The smallest absolute Gasteiger partial charge is 0.147 e. The molecule has 1 atom stereocenters. The van der Waals surface area contributed by atoms with Gasteiger partial charge in [-0.05, 0) is 0 Å². The molecule has 3 N–H and O–H groups in total. The fourth-order valence-corrected chi connectivity index (χ4v) is 3.88. The Morgan fingerprint density at radius 3 is 2.35 bits per heavy atom. The van der Waals surface area contributed by atoms with Crippen LogP contribution in [0.3, 0.4) is 0 Å². The minimum Gasteiger partial charge on any atom is -0.147 e. The van der Waals surface area contributed by atoms with E-state index in [0.29, 0.717) is 27.3 Å². The molecule has 10 heteroatoms. The zero-order valence-corrected chi connectivity index (χ0v) is 21.4. The van der Waals surface area contributed by atoms with Crippen molar-refractivity contribution >= 4 is 56.9 Å². The van der Waals surface area contributed by atoms with Gasteiger partial charge in [-0.2, -0.15) is 0 Å². The summed E-state index contributed by atoms with van der Waals surface area (Å²) >= 11 is 3.74. The Labute approximate surface area is 201 Å². The Hall–Kier alpha value is -1.93. The Balaban J connectivity index is 0.00000480. The van der Waals surface area contributed by atoms with E-state index in [2.05, 4.69) is 26.3 Å². The Kier molecular flexibility index (Phi) is 11.2. The minimum absolute atomic E-state index is 0. The van der Waals surface area contributed by atoms with Crippen LogP contribution in [0.5, 0.6) is 0 Å². The number of nitrogens with one attached hydrogen (secondary N) is 1. The number of dihydropyridines is 1. The number of carbonyl (C=O) groups is 2. The minimum atomic E-state index is -0.644. The number of nitrogens with zero attached hydrogens (tertiary/aromatic N) is 1. The molecule has 0 aromatic heterocycles. The van der Waals surface area contributed by atoms with Crippen molar-refractivity contribution < 1.29 is 19.1 Å². The summed E-state index contributed by atoms with van der Waals surface area (Å²) in [5, 5.41) is 3.16. The average molecular weight is 533 g/mol. The maximum atomic E-state index is 13.0. The van der Waals surface area contributed by atoms with Gasteiger partial charge in [-0.3, -0.25) is 0 Å². The van der Waals surface area contributed by atoms with E-state index in [-0.39, 0.29) is 32.2 Å². The molecule has 0 amide bonds. The van der Waals surface area contributed by atoms with Crippen LogP contribution >= 0.6 is 24.2 Å². The molecule has 0 saturated heterocycles. The van der Waals surface area contributed by atoms with Crippen LogP contribution in [0, 0.1) is 0 Å². The van der Waals surface area contributed by atoms with Crippen LogP contribution in [0.4, 0.5) is 0 Å². The zero-order chi connectivity index (χ0) is 22.3. The van der Waals surface area contributed by atoms with Crippen molar-refractivity contribution in [3.05, 3.63) is 52.4 Å². The number of amidine groups is 1. The number of carbonyl (C=O) groups excluding carboxylic acids is 2. The second-order valence-electron chi connectivity index (χ2n) is 6.38. The van der Waals surface area contributed by atoms with Crippen LogP contribution in [0.1, 0.15) is 32.3 Å². The number of hydrogen-bond donors (Lipinski definition) is 2. The summed E-state index contributed by atoms with van der Waals surface area (Å²) in [5.41, 5.74) is 8.36. The molecule has 0 spiro atoms. The van der Waals surface area contributed by atoms with Crippen LogP contribution in [0.2, 0.25) is 0 Å². The molecule has 170 valence electrons. The predicted molar refractivity (Wildman–Crippen MR) is 128 cm³/mol. The number of nitrogens with two attached hydrogens (primary N) is 1. The van der Waals surface area contributed by atoms with Crippen molar-refractivity contribution in [1.82, 2.24) is 5.32 Å². The second kappa shape index (κ2) is 12.8. The Bertz CT molecular complexity index is 914. The summed E-state index contributed by atoms with van der Waals surface area (Å²) in [5.74, 6) is -1.62. The van der Waals surface area contributed by atoms with Crippen molar-refractivity contribution in [3.8, 4) is 0 Å². The number of benzene rings is 1. The molecular formula is C21H28ClN3O4SSe. The second-order valence-corrected chi connectivity index (χ2v) is 8.22. The van der Waals surface area contributed by atoms with E-state index in [1.807, 2.05) is 30.5 Å². The van der Waals surface area contributed by atoms with E-state index in [9.17, 15) is 9.59 Å². The third-order valence-corrected chi connectivity index (χ3v) is 5.48. The molecule has 2 rings (SSSR count). The van der Waals surface area contributed by atoms with E-state index < -0.39 is 17.9 Å². The van der Waals surface area contributed by atoms with E-state index in [1.54, 1.807) is 32.5 Å². The number of esters is 2. The molecule has 1 heterocycles. The number of ether oxygens (including phenoxy) is 2. The molecule has 0 saturated carbocycles. The van der Waals surface area contributed by atoms with Crippen molar-refractivity contribution in [1.29, 1.82) is 0 Å². The molecule has 0 fully saturated rings. The topological polar surface area (TPSA) is 103 Å². The first kappa shape index (κ1) is 27.1. The molecule has 0 bridgehead atoms. The number of rotatable bonds is 8. The van der Waals surface area contributed by atoms with Gasteiger partial charge < -0.3 is 0 Å². The van der Waals surface area contributed by atoms with Gasteiger partial charge in [0.25, 0.3) is 0 Å². The van der Waals surface area contributed by atoms with Crippen LogP contribution < -0.4 is 11.1 Å². The van der Waals surface area contributed by atoms with Crippen LogP contribution in [-0.4, -0.2) is 58.7 Å². The van der Waals surface area contributed by atoms with E-state index in [4.69, 9.17) is 15.2 Å². The Morgan fingerprint density at radius 1 is 1.19 bits per heavy atom. The third-order valence-electron chi connectivity index (χ3n) is 4.46. The van der Waals surface area contributed by atoms with E-state index in [0.717, 1.165) is 10.5 Å². The predicted octanol–water partition coefficient (Wildman–Crippen LogP) is 2.39. The standard InChI is InChI=1S/C21H27N3O4SSe.ClH/c1-5-27-19(25)16-12(3)24-15(11-23-21(22)30)18(20(26)28-6-2)17(16)13-8-7-9-14(10-13)29-4;/h7-10,17,24H,5-6,11H2,1-4H3,(H3,22,23,30);1H. The molecule has 1 aliphatic rings. The quantitative estimate of drug-likeness (QED) is 0.174. The number of hydrogen-bond acceptors (Lipinski definition) is 7. The van der Waals surface area contributed by atoms with Gasteiger partial charge in [0.05, 0.1) is 0 Å². The van der Waals surface area contributed by atoms with Gasteiger partial charge in [-0.1, -0.05) is 0 Å². The van der Waals surface area contributed by atoms with Crippen molar-refractivity contribution in [2.75, 3.05) is 26.0 Å². The molecule has 1 aromatic carbocycles. The first-order chi connectivity index (χ1) is 14.3. The SMILES string of the molecule is CCOC(=O)C1=C(C)NC(CN=C(N)[SeH])=C(C(=O)OCC)C1c1cccc(SC)c1.Cl. The van der Waals surface area contributed by atoms with Gasteiger partial charge in [0.1, 0.15) is 0 Å². The third kappa shape index (κ3) is 6.77. The molecule has 0 radical (unpaired) electrons. The van der Waals surface area contributed by atoms with Gasteiger partial charge in [-0.25, -0.2) is 0 Å². The molecular weight excluding hydrogens is 505 g/mol. The van der Waals surface area contributed by atoms with Crippen molar-refractivity contribution in [2.24, 2.45) is 10.7 Å². The van der Waals surface area contributed by atoms with Gasteiger partial charge >= 0.3 is 190 Å². The number of allylic oxidation sites excluding steroid dienone is 1. The molecule has 1 unspecified atom stereocenters. The Morgan fingerprint density at radius 2 is 1.81 bits per heavy atom. The number of thioether (sulfide) groups is 1. The van der Waals surface area contributed by atoms with Gasteiger partial charge in [-0.15, -0.1) is 12.4 Å². The molecule has 0 aliphatic carbocycles. The molecule has 7 nitrogen and oxygen atoms in total. The largest absolute Gasteiger partial charge is 0.147 e. The molecule has 31 heavy (non-hydrogen) atoms. The first-order valence-electron chi connectivity index (χ1n) is 9.51. The summed E-state index contributed by atoms with van der Waals surface area (Å²) < 4.78 is 11.0. The first-order valence-corrected chi connectivity index (χ1v) is 11.7. The number of aliphatic imine (C=N–C) groups is 1. The number of halogens is 1. The van der Waals surface area contributed by atoms with Gasteiger partial charge in [0.2, 0.25) is 0 Å². The van der Waals surface area contributed by atoms with E-state index in [1.165, 1.54) is 0 Å². The van der Waals surface area contributed by atoms with Gasteiger partial charge in [0.15, 0.2) is 0 Å². The van der Waals surface area contributed by atoms with Gasteiger partial charge in [0, 0.05) is 0 Å². The fraction of sp³-hybridized carbons (Fsp3) is 0.381. The fourth-order valence-electron chi connectivity index (χ4n) is 3.26. The summed E-state index contributed by atoms with van der Waals surface area (Å²) in [6, 6.07) is 7.75. The summed E-state index contributed by atoms with van der Waals surface area (Å²) in [6.07, 6.45) is 1.97. The molecule has 1 aliphatic heterocycles. The van der Waals surface area contributed by atoms with Crippen LogP contribution in [-0.2, 0) is 19.1 Å². The van der Waals surface area contributed by atoms with Crippen LogP contribution in [0.25, 0.3) is 0 Å². The molecule has 1 aromatic rings.